The number of imidazole rings is 1. The van der Waals surface area contributed by atoms with Gasteiger partial charge in [0.15, 0.2) is 17.7 Å². The van der Waals surface area contributed by atoms with Gasteiger partial charge in [0.05, 0.1) is 12.4 Å². The van der Waals surface area contributed by atoms with Gasteiger partial charge in [-0.2, -0.15) is 0 Å². The van der Waals surface area contributed by atoms with E-state index in [-0.39, 0.29) is 5.82 Å². The van der Waals surface area contributed by atoms with Crippen molar-refractivity contribution in [2.24, 2.45) is 0 Å². The average Bonchev–Trinajstić information content (AvgIpc) is 3.02. The molecule has 5 N–H and O–H groups in total. The molecule has 0 aliphatic carbocycles. The zero-order chi connectivity index (χ0) is 15.1. The number of aromatic nitrogens is 4. The van der Waals surface area contributed by atoms with Crippen molar-refractivity contribution in [1.29, 1.82) is 0 Å². The van der Waals surface area contributed by atoms with Gasteiger partial charge >= 0.3 is 0 Å². The number of aliphatic hydroxyl groups is 3. The van der Waals surface area contributed by atoms with Gasteiger partial charge in [-0.15, -0.1) is 0 Å². The van der Waals surface area contributed by atoms with Crippen molar-refractivity contribution in [3.05, 3.63) is 12.7 Å². The van der Waals surface area contributed by atoms with E-state index in [4.69, 9.17) is 10.5 Å². The van der Waals surface area contributed by atoms with E-state index in [9.17, 15) is 15.3 Å². The third-order valence-electron chi connectivity index (χ3n) is 3.73. The van der Waals surface area contributed by atoms with Gasteiger partial charge in [0.1, 0.15) is 30.2 Å². The van der Waals surface area contributed by atoms with Crippen LogP contribution in [0.2, 0.25) is 0 Å². The molecule has 1 saturated heterocycles. The SMILES string of the molecule is CC[C@H](O)[C@H]1O[C@@H](n2cnc3c(N)ncnc32)[C@H](O)[C@@H]1O. The molecule has 0 spiro atoms. The van der Waals surface area contributed by atoms with Crippen LogP contribution in [-0.2, 0) is 4.74 Å². The van der Waals surface area contributed by atoms with Crippen molar-refractivity contribution in [2.75, 3.05) is 5.73 Å². The molecule has 2 aromatic heterocycles. The van der Waals surface area contributed by atoms with Crippen molar-refractivity contribution < 1.29 is 20.1 Å². The number of hydrogen-bond donors (Lipinski definition) is 4. The van der Waals surface area contributed by atoms with E-state index in [1.54, 1.807) is 6.92 Å². The topological polar surface area (TPSA) is 140 Å². The third-order valence-corrected chi connectivity index (χ3v) is 3.73. The molecule has 0 aromatic carbocycles. The van der Waals surface area contributed by atoms with Gasteiger partial charge in [-0.1, -0.05) is 6.92 Å². The predicted octanol–water partition coefficient (Wildman–Crippen LogP) is -1.20. The third kappa shape index (κ3) is 2.14. The Morgan fingerprint density at radius 1 is 1.33 bits per heavy atom. The average molecular weight is 295 g/mol. The molecule has 0 unspecified atom stereocenters. The number of aliphatic hydroxyl groups excluding tert-OH is 3. The molecule has 5 atom stereocenters. The highest BCUT2D eigenvalue weighted by molar-refractivity contribution is 5.81. The lowest BCUT2D eigenvalue weighted by Crippen LogP contribution is -2.38. The molecular weight excluding hydrogens is 278 g/mol. The number of hydrogen-bond acceptors (Lipinski definition) is 8. The second-order valence-corrected chi connectivity index (χ2v) is 5.03. The van der Waals surface area contributed by atoms with Crippen LogP contribution in [0.5, 0.6) is 0 Å². The van der Waals surface area contributed by atoms with Gasteiger partial charge in [-0.05, 0) is 6.42 Å². The number of fused-ring (bicyclic) bond motifs is 1. The van der Waals surface area contributed by atoms with Gasteiger partial charge in [-0.3, -0.25) is 4.57 Å². The molecule has 1 aliphatic rings. The van der Waals surface area contributed by atoms with Gasteiger partial charge in [0.2, 0.25) is 0 Å². The summed E-state index contributed by atoms with van der Waals surface area (Å²) < 4.78 is 7.08. The Balaban J connectivity index is 1.98. The van der Waals surface area contributed by atoms with Crippen molar-refractivity contribution in [2.45, 2.75) is 44.0 Å². The maximum atomic E-state index is 10.2. The summed E-state index contributed by atoms with van der Waals surface area (Å²) in [6, 6.07) is 0. The molecule has 2 aromatic rings. The summed E-state index contributed by atoms with van der Waals surface area (Å²) in [5.74, 6) is 0.219. The van der Waals surface area contributed by atoms with E-state index in [1.165, 1.54) is 17.2 Å². The quantitative estimate of drug-likeness (QED) is 0.553. The van der Waals surface area contributed by atoms with E-state index in [0.29, 0.717) is 17.6 Å². The Morgan fingerprint density at radius 3 is 2.81 bits per heavy atom. The highest BCUT2D eigenvalue weighted by Crippen LogP contribution is 2.33. The minimum atomic E-state index is -1.20. The Kier molecular flexibility index (Phi) is 3.49. The molecule has 0 saturated carbocycles. The van der Waals surface area contributed by atoms with Crippen LogP contribution in [0.1, 0.15) is 19.6 Å². The molecule has 3 heterocycles. The fourth-order valence-corrected chi connectivity index (χ4v) is 2.52. The molecule has 0 bridgehead atoms. The molecule has 114 valence electrons. The highest BCUT2D eigenvalue weighted by Gasteiger charge is 2.46. The number of anilines is 1. The molecule has 1 aliphatic heterocycles. The Morgan fingerprint density at radius 2 is 2.10 bits per heavy atom. The highest BCUT2D eigenvalue weighted by atomic mass is 16.6. The lowest BCUT2D eigenvalue weighted by atomic mass is 10.0. The van der Waals surface area contributed by atoms with Gasteiger partial charge in [-0.25, -0.2) is 15.0 Å². The Labute approximate surface area is 120 Å². The summed E-state index contributed by atoms with van der Waals surface area (Å²) >= 11 is 0. The first-order valence-corrected chi connectivity index (χ1v) is 6.67. The number of nitrogen functional groups attached to an aromatic ring is 1. The van der Waals surface area contributed by atoms with Crippen LogP contribution >= 0.6 is 0 Å². The second-order valence-electron chi connectivity index (χ2n) is 5.03. The number of nitrogens with two attached hydrogens (primary N) is 1. The van der Waals surface area contributed by atoms with Crippen LogP contribution in [0.15, 0.2) is 12.7 Å². The summed E-state index contributed by atoms with van der Waals surface area (Å²) in [7, 11) is 0. The normalized spacial score (nSPS) is 30.9. The van der Waals surface area contributed by atoms with Crippen LogP contribution < -0.4 is 5.73 Å². The first-order valence-electron chi connectivity index (χ1n) is 6.67. The summed E-state index contributed by atoms with van der Waals surface area (Å²) in [5, 5.41) is 30.0. The summed E-state index contributed by atoms with van der Waals surface area (Å²) in [5.41, 5.74) is 6.49. The summed E-state index contributed by atoms with van der Waals surface area (Å²) in [4.78, 5) is 12.0. The minimum absolute atomic E-state index is 0.219. The van der Waals surface area contributed by atoms with E-state index in [1.807, 2.05) is 0 Å². The zero-order valence-corrected chi connectivity index (χ0v) is 11.4. The van der Waals surface area contributed by atoms with Crippen LogP contribution in [0.25, 0.3) is 11.2 Å². The van der Waals surface area contributed by atoms with Crippen molar-refractivity contribution in [3.63, 3.8) is 0 Å². The fourth-order valence-electron chi connectivity index (χ4n) is 2.52. The van der Waals surface area contributed by atoms with Crippen molar-refractivity contribution >= 4 is 17.0 Å². The minimum Gasteiger partial charge on any atom is -0.390 e. The standard InChI is InChI=1S/C12H17N5O4/c1-2-5(18)9-7(19)8(20)12(21-9)17-4-16-6-10(13)14-3-15-11(6)17/h3-5,7-9,12,18-20H,2H2,1H3,(H2,13,14,15)/t5-,7-,8+,9+,12+/m0/s1. The lowest BCUT2D eigenvalue weighted by molar-refractivity contribution is -0.0840. The molecule has 3 rings (SSSR count). The molecule has 1 fully saturated rings. The van der Waals surface area contributed by atoms with Crippen molar-refractivity contribution in [3.8, 4) is 0 Å². The van der Waals surface area contributed by atoms with Gasteiger partial charge < -0.3 is 25.8 Å². The monoisotopic (exact) mass is 295 g/mol. The molecule has 21 heavy (non-hydrogen) atoms. The van der Waals surface area contributed by atoms with E-state index in [2.05, 4.69) is 15.0 Å². The first-order chi connectivity index (χ1) is 10.0. The van der Waals surface area contributed by atoms with E-state index >= 15 is 0 Å². The largest absolute Gasteiger partial charge is 0.390 e. The molecule has 9 nitrogen and oxygen atoms in total. The predicted molar refractivity (Wildman–Crippen MR) is 72.0 cm³/mol. The van der Waals surface area contributed by atoms with Crippen LogP contribution in [0.3, 0.4) is 0 Å². The smallest absolute Gasteiger partial charge is 0.167 e. The number of ether oxygens (including phenoxy) is 1. The number of nitrogens with zero attached hydrogens (tertiary/aromatic N) is 4. The second kappa shape index (κ2) is 5.19. The van der Waals surface area contributed by atoms with Crippen LogP contribution in [0.4, 0.5) is 5.82 Å². The molecule has 9 heteroatoms. The van der Waals surface area contributed by atoms with Gasteiger partial charge in [0.25, 0.3) is 0 Å². The van der Waals surface area contributed by atoms with Crippen molar-refractivity contribution in [1.82, 2.24) is 19.5 Å². The van der Waals surface area contributed by atoms with E-state index in [0.717, 1.165) is 0 Å². The molecule has 0 amide bonds. The van der Waals surface area contributed by atoms with Crippen LogP contribution in [-0.4, -0.2) is 59.3 Å². The maximum Gasteiger partial charge on any atom is 0.167 e. The van der Waals surface area contributed by atoms with Gasteiger partial charge in [0, 0.05) is 0 Å². The van der Waals surface area contributed by atoms with Crippen LogP contribution in [0, 0.1) is 0 Å². The van der Waals surface area contributed by atoms with E-state index < -0.39 is 30.6 Å². The Bertz CT molecular complexity index is 648. The first kappa shape index (κ1) is 14.1. The summed E-state index contributed by atoms with van der Waals surface area (Å²) in [6.07, 6.45) is -1.93. The zero-order valence-electron chi connectivity index (χ0n) is 11.4. The lowest BCUT2D eigenvalue weighted by Gasteiger charge is -2.19. The fraction of sp³-hybridized carbons (Fsp3) is 0.583. The Hall–Kier alpha value is -1.81. The molecular formula is C12H17N5O4. The molecule has 0 radical (unpaired) electrons. The summed E-state index contributed by atoms with van der Waals surface area (Å²) in [6.45, 7) is 1.76. The maximum absolute atomic E-state index is 10.2. The number of rotatable bonds is 3.